The highest BCUT2D eigenvalue weighted by atomic mass is 16.5. The average Bonchev–Trinajstić information content (AvgIpc) is 2.60. The van der Waals surface area contributed by atoms with Gasteiger partial charge in [0.05, 0.1) is 23.3 Å². The van der Waals surface area contributed by atoms with Crippen molar-refractivity contribution in [3.05, 3.63) is 59.3 Å². The molecular weight excluding hydrogens is 334 g/mol. The van der Waals surface area contributed by atoms with Crippen LogP contribution in [-0.4, -0.2) is 9.97 Å². The molecule has 0 aromatic carbocycles. The number of hydrogen-bond acceptors (Lipinski definition) is 4. The SMILES string of the molecule is CC1=C(N2c3ccncc3Oc3c2ccnc3C)C(C)CC(C(C)(C)C)=C1. The van der Waals surface area contributed by atoms with Crippen LogP contribution in [-0.2, 0) is 0 Å². The number of pyridine rings is 2. The summed E-state index contributed by atoms with van der Waals surface area (Å²) in [5.74, 6) is 2.00. The maximum absolute atomic E-state index is 6.17. The smallest absolute Gasteiger partial charge is 0.172 e. The summed E-state index contributed by atoms with van der Waals surface area (Å²) < 4.78 is 6.17. The highest BCUT2D eigenvalue weighted by Crippen LogP contribution is 2.52. The molecule has 140 valence electrons. The highest BCUT2D eigenvalue weighted by Gasteiger charge is 2.34. The number of aromatic nitrogens is 2. The third-order valence-electron chi connectivity index (χ3n) is 5.51. The fourth-order valence-corrected chi connectivity index (χ4v) is 4.11. The van der Waals surface area contributed by atoms with Crippen LogP contribution in [0.2, 0.25) is 0 Å². The van der Waals surface area contributed by atoms with Crippen LogP contribution in [0.3, 0.4) is 0 Å². The van der Waals surface area contributed by atoms with Crippen LogP contribution in [0.25, 0.3) is 0 Å². The van der Waals surface area contributed by atoms with Gasteiger partial charge in [-0.3, -0.25) is 9.97 Å². The minimum absolute atomic E-state index is 0.187. The van der Waals surface area contributed by atoms with Gasteiger partial charge in [0.15, 0.2) is 11.5 Å². The molecule has 1 unspecified atom stereocenters. The van der Waals surface area contributed by atoms with Crippen molar-refractivity contribution in [3.63, 3.8) is 0 Å². The molecule has 0 radical (unpaired) electrons. The van der Waals surface area contributed by atoms with Crippen molar-refractivity contribution < 1.29 is 4.74 Å². The van der Waals surface area contributed by atoms with Crippen molar-refractivity contribution in [3.8, 4) is 11.5 Å². The number of nitrogens with zero attached hydrogens (tertiary/aromatic N) is 3. The minimum atomic E-state index is 0.187. The quantitative estimate of drug-likeness (QED) is 0.596. The average molecular weight is 361 g/mol. The molecule has 2 aromatic rings. The fourth-order valence-electron chi connectivity index (χ4n) is 4.11. The van der Waals surface area contributed by atoms with Gasteiger partial charge in [-0.25, -0.2) is 0 Å². The zero-order valence-electron chi connectivity index (χ0n) is 17.0. The molecule has 0 bridgehead atoms. The zero-order valence-corrected chi connectivity index (χ0v) is 17.0. The van der Waals surface area contributed by atoms with Gasteiger partial charge in [0.2, 0.25) is 0 Å². The van der Waals surface area contributed by atoms with Gasteiger partial charge in [0, 0.05) is 24.0 Å². The fraction of sp³-hybridized carbons (Fsp3) is 0.391. The molecule has 0 amide bonds. The Labute approximate surface area is 161 Å². The Morgan fingerprint density at radius 1 is 1.11 bits per heavy atom. The Balaban J connectivity index is 1.94. The molecule has 0 N–H and O–H groups in total. The standard InChI is InChI=1S/C23H27N3O/c1-14-11-17(23(4,5)6)12-15(2)21(14)26-18-7-9-24-13-20(18)27-22-16(3)25-10-8-19(22)26/h7-11,13,15H,12H2,1-6H3. The summed E-state index contributed by atoms with van der Waals surface area (Å²) >= 11 is 0. The topological polar surface area (TPSA) is 38.2 Å². The van der Waals surface area contributed by atoms with Crippen molar-refractivity contribution in [2.45, 2.75) is 48.0 Å². The van der Waals surface area contributed by atoms with E-state index in [0.717, 1.165) is 35.0 Å². The van der Waals surface area contributed by atoms with Gasteiger partial charge >= 0.3 is 0 Å². The predicted molar refractivity (Wildman–Crippen MR) is 109 cm³/mol. The van der Waals surface area contributed by atoms with E-state index < -0.39 is 0 Å². The van der Waals surface area contributed by atoms with Gasteiger partial charge in [-0.15, -0.1) is 0 Å². The summed E-state index contributed by atoms with van der Waals surface area (Å²) in [6, 6.07) is 4.08. The van der Waals surface area contributed by atoms with Crippen molar-refractivity contribution >= 4 is 11.4 Å². The van der Waals surface area contributed by atoms with Crippen molar-refractivity contribution in [2.24, 2.45) is 11.3 Å². The van der Waals surface area contributed by atoms with Crippen LogP contribution >= 0.6 is 0 Å². The minimum Gasteiger partial charge on any atom is -0.449 e. The largest absolute Gasteiger partial charge is 0.449 e. The molecule has 0 saturated heterocycles. The normalized spacial score (nSPS) is 19.3. The Kier molecular flexibility index (Phi) is 4.10. The summed E-state index contributed by atoms with van der Waals surface area (Å²) in [5, 5.41) is 0. The van der Waals surface area contributed by atoms with E-state index in [1.165, 1.54) is 16.8 Å². The second-order valence-electron chi connectivity index (χ2n) is 8.62. The van der Waals surface area contributed by atoms with E-state index in [0.29, 0.717) is 5.92 Å². The number of anilines is 2. The lowest BCUT2D eigenvalue weighted by Gasteiger charge is -2.40. The molecule has 1 atom stereocenters. The zero-order chi connectivity index (χ0) is 19.3. The van der Waals surface area contributed by atoms with Crippen LogP contribution in [0.1, 0.15) is 46.7 Å². The van der Waals surface area contributed by atoms with Gasteiger partial charge in [-0.05, 0) is 43.4 Å². The summed E-state index contributed by atoms with van der Waals surface area (Å²) in [5.41, 5.74) is 7.30. The van der Waals surface area contributed by atoms with Crippen LogP contribution in [0.5, 0.6) is 11.5 Å². The van der Waals surface area contributed by atoms with Crippen LogP contribution in [0, 0.1) is 18.3 Å². The number of hydrogen-bond donors (Lipinski definition) is 0. The Morgan fingerprint density at radius 3 is 2.56 bits per heavy atom. The second kappa shape index (κ2) is 6.22. The van der Waals surface area contributed by atoms with E-state index in [1.54, 1.807) is 6.20 Å². The van der Waals surface area contributed by atoms with Crippen LogP contribution in [0.15, 0.2) is 53.6 Å². The molecule has 3 heterocycles. The first kappa shape index (κ1) is 17.8. The Morgan fingerprint density at radius 2 is 1.85 bits per heavy atom. The van der Waals surface area contributed by atoms with Gasteiger partial charge in [0.1, 0.15) is 0 Å². The molecular formula is C23H27N3O. The first-order chi connectivity index (χ1) is 12.8. The third-order valence-corrected chi connectivity index (χ3v) is 5.51. The summed E-state index contributed by atoms with van der Waals surface area (Å²) in [4.78, 5) is 11.0. The van der Waals surface area contributed by atoms with Gasteiger partial charge in [-0.1, -0.05) is 39.3 Å². The van der Waals surface area contributed by atoms with Crippen molar-refractivity contribution in [1.29, 1.82) is 0 Å². The Hall–Kier alpha value is -2.62. The number of aryl methyl sites for hydroxylation is 1. The molecule has 2 aromatic heterocycles. The molecule has 0 spiro atoms. The number of fused-ring (bicyclic) bond motifs is 2. The maximum Gasteiger partial charge on any atom is 0.172 e. The molecule has 0 saturated carbocycles. The molecule has 2 aliphatic rings. The molecule has 1 aliphatic carbocycles. The molecule has 4 heteroatoms. The Bertz CT molecular complexity index is 966. The highest BCUT2D eigenvalue weighted by molar-refractivity contribution is 5.82. The first-order valence-corrected chi connectivity index (χ1v) is 9.57. The third kappa shape index (κ3) is 2.93. The van der Waals surface area contributed by atoms with E-state index in [1.807, 2.05) is 31.5 Å². The number of ether oxygens (including phenoxy) is 1. The molecule has 4 rings (SSSR count). The first-order valence-electron chi connectivity index (χ1n) is 9.57. The number of rotatable bonds is 1. The lowest BCUT2D eigenvalue weighted by molar-refractivity contribution is 0.444. The van der Waals surface area contributed by atoms with Crippen molar-refractivity contribution in [2.75, 3.05) is 4.90 Å². The molecule has 0 fully saturated rings. The van der Waals surface area contributed by atoms with Gasteiger partial charge in [-0.2, -0.15) is 0 Å². The summed E-state index contributed by atoms with van der Waals surface area (Å²) in [6.45, 7) is 13.4. The van der Waals surface area contributed by atoms with Crippen LogP contribution in [0.4, 0.5) is 11.4 Å². The maximum atomic E-state index is 6.17. The monoisotopic (exact) mass is 361 g/mol. The summed E-state index contributed by atoms with van der Waals surface area (Å²) in [7, 11) is 0. The lowest BCUT2D eigenvalue weighted by atomic mass is 9.76. The van der Waals surface area contributed by atoms with E-state index in [2.05, 4.69) is 55.6 Å². The number of allylic oxidation sites excluding steroid dienone is 4. The van der Waals surface area contributed by atoms with E-state index >= 15 is 0 Å². The molecule has 4 nitrogen and oxygen atoms in total. The van der Waals surface area contributed by atoms with Gasteiger partial charge in [0.25, 0.3) is 0 Å². The van der Waals surface area contributed by atoms with E-state index in [-0.39, 0.29) is 5.41 Å². The summed E-state index contributed by atoms with van der Waals surface area (Å²) in [6.07, 6.45) is 8.91. The van der Waals surface area contributed by atoms with Gasteiger partial charge < -0.3 is 9.64 Å². The van der Waals surface area contributed by atoms with Crippen molar-refractivity contribution in [1.82, 2.24) is 9.97 Å². The molecule has 1 aliphatic heterocycles. The van der Waals surface area contributed by atoms with Crippen LogP contribution < -0.4 is 9.64 Å². The van der Waals surface area contributed by atoms with E-state index in [9.17, 15) is 0 Å². The van der Waals surface area contributed by atoms with E-state index in [4.69, 9.17) is 4.74 Å². The predicted octanol–water partition coefficient (Wildman–Crippen LogP) is 6.32. The second-order valence-corrected chi connectivity index (χ2v) is 8.62. The molecule has 27 heavy (non-hydrogen) atoms. The lowest BCUT2D eigenvalue weighted by Crippen LogP contribution is -2.29.